The molecule has 0 aliphatic carbocycles. The normalized spacial score (nSPS) is 10.7. The van der Waals surface area contributed by atoms with E-state index in [0.717, 1.165) is 11.8 Å². The molecule has 1 amide bonds. The summed E-state index contributed by atoms with van der Waals surface area (Å²) in [6.07, 6.45) is 0. The number of nitrogens with one attached hydrogen (secondary N) is 1. The molecule has 0 heterocycles. The second kappa shape index (κ2) is 7.87. The summed E-state index contributed by atoms with van der Waals surface area (Å²) in [6.45, 7) is 0. The molecule has 0 saturated carbocycles. The summed E-state index contributed by atoms with van der Waals surface area (Å²) in [6, 6.07) is 19.6. The maximum absolute atomic E-state index is 12.3. The van der Waals surface area contributed by atoms with Crippen LogP contribution >= 0.6 is 0 Å². The molecule has 3 rings (SSSR count). The highest BCUT2D eigenvalue weighted by Crippen LogP contribution is 2.30. The lowest BCUT2D eigenvalue weighted by Gasteiger charge is -2.07. The molecule has 27 heavy (non-hydrogen) atoms. The van der Waals surface area contributed by atoms with Crippen LogP contribution < -0.4 is 5.32 Å². The van der Waals surface area contributed by atoms with Gasteiger partial charge in [0.1, 0.15) is 0 Å². The van der Waals surface area contributed by atoms with Gasteiger partial charge in [-0.1, -0.05) is 24.3 Å². The van der Waals surface area contributed by atoms with E-state index < -0.39 is 22.3 Å². The number of benzene rings is 3. The molecule has 8 nitrogen and oxygen atoms in total. The van der Waals surface area contributed by atoms with Crippen molar-refractivity contribution in [1.82, 2.24) is 0 Å². The fourth-order valence-corrected chi connectivity index (χ4v) is 2.28. The van der Waals surface area contributed by atoms with Crippen LogP contribution in [-0.4, -0.2) is 15.9 Å². The summed E-state index contributed by atoms with van der Waals surface area (Å²) in [5.74, 6) is -1.33. The second-order valence-corrected chi connectivity index (χ2v) is 5.47. The van der Waals surface area contributed by atoms with Gasteiger partial charge in [-0.05, 0) is 42.5 Å². The van der Waals surface area contributed by atoms with E-state index in [2.05, 4.69) is 15.5 Å². The molecule has 0 fully saturated rings. The van der Waals surface area contributed by atoms with Gasteiger partial charge < -0.3 is 10.4 Å². The molecule has 0 bridgehead atoms. The first-order valence-corrected chi connectivity index (χ1v) is 7.89. The number of para-hydroxylation sites is 1. The highest BCUT2D eigenvalue weighted by molar-refractivity contribution is 6.06. The standard InChI is InChI=1S/C19H14N4O4/c24-18-16(7-4-8-17(18)23(26)27)19(25)20-13-9-11-15(12-10-13)22-21-14-5-2-1-3-6-14/h1-12,24H,(H,20,25)/b22-21+. The number of nitro benzene ring substituents is 1. The van der Waals surface area contributed by atoms with Crippen molar-refractivity contribution in [2.24, 2.45) is 10.2 Å². The zero-order valence-electron chi connectivity index (χ0n) is 13.9. The molecule has 0 atom stereocenters. The van der Waals surface area contributed by atoms with Gasteiger partial charge in [-0.3, -0.25) is 14.9 Å². The Labute approximate surface area is 154 Å². The van der Waals surface area contributed by atoms with Crippen molar-refractivity contribution >= 4 is 28.7 Å². The van der Waals surface area contributed by atoms with Crippen LogP contribution in [0.1, 0.15) is 10.4 Å². The summed E-state index contributed by atoms with van der Waals surface area (Å²) in [4.78, 5) is 22.4. The van der Waals surface area contributed by atoms with Crippen LogP contribution in [0.15, 0.2) is 83.0 Å². The number of carbonyl (C=O) groups is 1. The lowest BCUT2D eigenvalue weighted by Crippen LogP contribution is -2.12. The molecule has 0 radical (unpaired) electrons. The number of anilines is 1. The van der Waals surface area contributed by atoms with E-state index in [1.165, 1.54) is 12.1 Å². The average molecular weight is 362 g/mol. The van der Waals surface area contributed by atoms with Crippen LogP contribution in [0.3, 0.4) is 0 Å². The largest absolute Gasteiger partial charge is 0.502 e. The molecule has 3 aromatic carbocycles. The first kappa shape index (κ1) is 17.7. The Hall–Kier alpha value is -4.07. The van der Waals surface area contributed by atoms with Crippen LogP contribution in [0.25, 0.3) is 0 Å². The number of rotatable bonds is 5. The molecule has 2 N–H and O–H groups in total. The summed E-state index contributed by atoms with van der Waals surface area (Å²) < 4.78 is 0. The Morgan fingerprint density at radius 2 is 1.52 bits per heavy atom. The van der Waals surface area contributed by atoms with Gasteiger partial charge in [-0.15, -0.1) is 0 Å². The Kier molecular flexibility index (Phi) is 5.17. The van der Waals surface area contributed by atoms with Gasteiger partial charge in [0, 0.05) is 11.8 Å². The molecule has 0 saturated heterocycles. The molecule has 134 valence electrons. The van der Waals surface area contributed by atoms with E-state index in [0.29, 0.717) is 11.4 Å². The van der Waals surface area contributed by atoms with E-state index in [4.69, 9.17) is 0 Å². The van der Waals surface area contributed by atoms with Gasteiger partial charge in [0.2, 0.25) is 5.75 Å². The lowest BCUT2D eigenvalue weighted by molar-refractivity contribution is -0.385. The molecule has 0 aliphatic rings. The van der Waals surface area contributed by atoms with Crippen LogP contribution in [0.5, 0.6) is 5.75 Å². The van der Waals surface area contributed by atoms with E-state index in [1.807, 2.05) is 30.3 Å². The van der Waals surface area contributed by atoms with Gasteiger partial charge in [0.15, 0.2) is 0 Å². The average Bonchev–Trinajstić information content (AvgIpc) is 2.68. The number of azo groups is 1. The van der Waals surface area contributed by atoms with E-state index in [9.17, 15) is 20.0 Å². The van der Waals surface area contributed by atoms with Crippen LogP contribution in [0, 0.1) is 10.1 Å². The predicted molar refractivity (Wildman–Crippen MR) is 99.8 cm³/mol. The number of carbonyl (C=O) groups excluding carboxylic acids is 1. The summed E-state index contributed by atoms with van der Waals surface area (Å²) in [5.41, 5.74) is 1.05. The second-order valence-electron chi connectivity index (χ2n) is 5.47. The number of phenolic OH excluding ortho intramolecular Hbond substituents is 1. The predicted octanol–water partition coefficient (Wildman–Crippen LogP) is 4.97. The first-order valence-electron chi connectivity index (χ1n) is 7.89. The summed E-state index contributed by atoms with van der Waals surface area (Å²) >= 11 is 0. The number of nitrogens with zero attached hydrogens (tertiary/aromatic N) is 3. The number of amides is 1. The minimum absolute atomic E-state index is 0.183. The topological polar surface area (TPSA) is 117 Å². The maximum atomic E-state index is 12.3. The quantitative estimate of drug-likeness (QED) is 0.378. The molecule has 0 spiro atoms. The number of hydrogen-bond acceptors (Lipinski definition) is 6. The van der Waals surface area contributed by atoms with Crippen molar-refractivity contribution in [1.29, 1.82) is 0 Å². The lowest BCUT2D eigenvalue weighted by atomic mass is 10.1. The summed E-state index contributed by atoms with van der Waals surface area (Å²) in [5, 5.41) is 31.5. The molecule has 0 unspecified atom stereocenters. The number of nitro groups is 1. The fraction of sp³-hybridized carbons (Fsp3) is 0. The SMILES string of the molecule is O=C(Nc1ccc(/N=N/c2ccccc2)cc1)c1cccc([N+](=O)[O-])c1O. The number of hydrogen-bond donors (Lipinski definition) is 2. The smallest absolute Gasteiger partial charge is 0.311 e. The van der Waals surface area contributed by atoms with Gasteiger partial charge in [0.25, 0.3) is 5.91 Å². The van der Waals surface area contributed by atoms with Crippen LogP contribution in [0.4, 0.5) is 22.7 Å². The summed E-state index contributed by atoms with van der Waals surface area (Å²) in [7, 11) is 0. The highest BCUT2D eigenvalue weighted by atomic mass is 16.6. The first-order chi connectivity index (χ1) is 13.0. The fourth-order valence-electron chi connectivity index (χ4n) is 2.28. The maximum Gasteiger partial charge on any atom is 0.311 e. The van der Waals surface area contributed by atoms with Gasteiger partial charge in [0.05, 0.1) is 21.9 Å². The third-order valence-electron chi connectivity index (χ3n) is 3.62. The monoisotopic (exact) mass is 362 g/mol. The van der Waals surface area contributed by atoms with Gasteiger partial charge >= 0.3 is 5.69 Å². The molecule has 0 aliphatic heterocycles. The Bertz CT molecular complexity index is 1000. The molecule has 3 aromatic rings. The van der Waals surface area contributed by atoms with Crippen molar-refractivity contribution in [3.8, 4) is 5.75 Å². The minimum Gasteiger partial charge on any atom is -0.502 e. The van der Waals surface area contributed by atoms with Crippen molar-refractivity contribution in [3.05, 3.63) is 88.5 Å². The Morgan fingerprint density at radius 1 is 0.889 bits per heavy atom. The third kappa shape index (κ3) is 4.31. The van der Waals surface area contributed by atoms with Crippen LogP contribution in [-0.2, 0) is 0 Å². The van der Waals surface area contributed by atoms with Gasteiger partial charge in [-0.2, -0.15) is 10.2 Å². The van der Waals surface area contributed by atoms with Crippen LogP contribution in [0.2, 0.25) is 0 Å². The Balaban J connectivity index is 1.71. The molecule has 8 heteroatoms. The molecular weight excluding hydrogens is 348 g/mol. The van der Waals surface area contributed by atoms with Crippen molar-refractivity contribution < 1.29 is 14.8 Å². The number of aromatic hydroxyl groups is 1. The van der Waals surface area contributed by atoms with Crippen molar-refractivity contribution in [3.63, 3.8) is 0 Å². The minimum atomic E-state index is -0.751. The van der Waals surface area contributed by atoms with E-state index >= 15 is 0 Å². The zero-order chi connectivity index (χ0) is 19.2. The molecular formula is C19H14N4O4. The highest BCUT2D eigenvalue weighted by Gasteiger charge is 2.20. The van der Waals surface area contributed by atoms with Crippen molar-refractivity contribution in [2.45, 2.75) is 0 Å². The van der Waals surface area contributed by atoms with E-state index in [-0.39, 0.29) is 5.56 Å². The van der Waals surface area contributed by atoms with E-state index in [1.54, 1.807) is 24.3 Å². The third-order valence-corrected chi connectivity index (χ3v) is 3.62. The number of phenols is 1. The van der Waals surface area contributed by atoms with Crippen molar-refractivity contribution in [2.75, 3.05) is 5.32 Å². The van der Waals surface area contributed by atoms with Gasteiger partial charge in [-0.25, -0.2) is 0 Å². The molecule has 0 aromatic heterocycles. The Morgan fingerprint density at radius 3 is 2.15 bits per heavy atom. The zero-order valence-corrected chi connectivity index (χ0v) is 13.9.